The molecule has 2 heterocycles. The minimum absolute atomic E-state index is 0.224. The standard InChI is InChI=1S/C14H24N6/c1-4-7-15-12(13-6-8-17-19(13)3)10-14-16-11-18-20(14)9-5-2/h6,8,11-12,15H,4-5,7,9-10H2,1-3H3. The molecule has 2 aromatic heterocycles. The van der Waals surface area contributed by atoms with Crippen LogP contribution in [0, 0.1) is 0 Å². The molecule has 0 saturated carbocycles. The minimum atomic E-state index is 0.224. The van der Waals surface area contributed by atoms with Crippen LogP contribution in [0.4, 0.5) is 0 Å². The molecule has 20 heavy (non-hydrogen) atoms. The van der Waals surface area contributed by atoms with Gasteiger partial charge in [-0.05, 0) is 25.5 Å². The highest BCUT2D eigenvalue weighted by Gasteiger charge is 2.17. The number of nitrogens with zero attached hydrogens (tertiary/aromatic N) is 5. The van der Waals surface area contributed by atoms with E-state index < -0.39 is 0 Å². The van der Waals surface area contributed by atoms with Crippen molar-refractivity contribution in [1.29, 1.82) is 0 Å². The van der Waals surface area contributed by atoms with Crippen LogP contribution >= 0.6 is 0 Å². The van der Waals surface area contributed by atoms with Crippen molar-refractivity contribution in [1.82, 2.24) is 29.9 Å². The Kier molecular flexibility index (Phi) is 5.29. The Hall–Kier alpha value is -1.69. The van der Waals surface area contributed by atoms with Crippen molar-refractivity contribution in [3.05, 3.63) is 30.1 Å². The number of aromatic nitrogens is 5. The number of aryl methyl sites for hydroxylation is 2. The molecule has 0 aliphatic rings. The summed E-state index contributed by atoms with van der Waals surface area (Å²) in [6.07, 6.45) is 6.49. The zero-order chi connectivity index (χ0) is 14.4. The average molecular weight is 276 g/mol. The molecule has 2 aromatic rings. The van der Waals surface area contributed by atoms with Gasteiger partial charge in [0.05, 0.1) is 11.7 Å². The molecular weight excluding hydrogens is 252 g/mol. The van der Waals surface area contributed by atoms with Crippen molar-refractivity contribution in [3.8, 4) is 0 Å². The number of hydrogen-bond acceptors (Lipinski definition) is 4. The van der Waals surface area contributed by atoms with Crippen molar-refractivity contribution >= 4 is 0 Å². The third-order valence-corrected chi connectivity index (χ3v) is 3.37. The van der Waals surface area contributed by atoms with E-state index in [9.17, 15) is 0 Å². The molecule has 2 rings (SSSR count). The number of hydrogen-bond donors (Lipinski definition) is 1. The molecule has 0 aliphatic carbocycles. The molecule has 0 aliphatic heterocycles. The van der Waals surface area contributed by atoms with Gasteiger partial charge in [0.15, 0.2) is 0 Å². The lowest BCUT2D eigenvalue weighted by Crippen LogP contribution is -2.27. The molecule has 1 N–H and O–H groups in total. The van der Waals surface area contributed by atoms with Gasteiger partial charge in [0.2, 0.25) is 0 Å². The highest BCUT2D eigenvalue weighted by atomic mass is 15.3. The van der Waals surface area contributed by atoms with Gasteiger partial charge in [-0.1, -0.05) is 13.8 Å². The van der Waals surface area contributed by atoms with Crippen LogP contribution in [0.25, 0.3) is 0 Å². The first-order valence-electron chi connectivity index (χ1n) is 7.34. The SMILES string of the molecule is CCCNC(Cc1ncnn1CCC)c1ccnn1C. The van der Waals surface area contributed by atoms with Gasteiger partial charge in [-0.2, -0.15) is 10.2 Å². The maximum Gasteiger partial charge on any atom is 0.138 e. The van der Waals surface area contributed by atoms with Crippen LogP contribution in [-0.4, -0.2) is 31.1 Å². The minimum Gasteiger partial charge on any atom is -0.308 e. The monoisotopic (exact) mass is 276 g/mol. The Morgan fingerprint density at radius 3 is 2.75 bits per heavy atom. The largest absolute Gasteiger partial charge is 0.308 e. The molecule has 1 atom stereocenters. The summed E-state index contributed by atoms with van der Waals surface area (Å²) in [6, 6.07) is 2.29. The number of nitrogens with one attached hydrogen (secondary N) is 1. The zero-order valence-electron chi connectivity index (χ0n) is 12.6. The summed E-state index contributed by atoms with van der Waals surface area (Å²) < 4.78 is 3.92. The quantitative estimate of drug-likeness (QED) is 0.797. The van der Waals surface area contributed by atoms with Crippen molar-refractivity contribution in [2.75, 3.05) is 6.54 Å². The van der Waals surface area contributed by atoms with Crippen molar-refractivity contribution in [2.45, 2.75) is 45.7 Å². The predicted molar refractivity (Wildman–Crippen MR) is 78.3 cm³/mol. The predicted octanol–water partition coefficient (Wildman–Crippen LogP) is 1.70. The fraction of sp³-hybridized carbons (Fsp3) is 0.643. The average Bonchev–Trinajstić information content (AvgIpc) is 3.04. The van der Waals surface area contributed by atoms with Gasteiger partial charge in [0.1, 0.15) is 12.2 Å². The first-order valence-corrected chi connectivity index (χ1v) is 7.34. The lowest BCUT2D eigenvalue weighted by atomic mass is 10.1. The van der Waals surface area contributed by atoms with Crippen molar-refractivity contribution in [3.63, 3.8) is 0 Å². The molecule has 0 aromatic carbocycles. The first-order chi connectivity index (χ1) is 9.76. The van der Waals surface area contributed by atoms with E-state index in [2.05, 4.69) is 40.4 Å². The Morgan fingerprint density at radius 1 is 1.25 bits per heavy atom. The highest BCUT2D eigenvalue weighted by molar-refractivity contribution is 5.09. The molecule has 6 nitrogen and oxygen atoms in total. The second-order valence-electron chi connectivity index (χ2n) is 4.99. The summed E-state index contributed by atoms with van der Waals surface area (Å²) in [5, 5.41) is 12.1. The second-order valence-corrected chi connectivity index (χ2v) is 4.99. The van der Waals surface area contributed by atoms with Crippen LogP contribution in [0.2, 0.25) is 0 Å². The van der Waals surface area contributed by atoms with Gasteiger partial charge >= 0.3 is 0 Å². The molecule has 0 amide bonds. The lowest BCUT2D eigenvalue weighted by molar-refractivity contribution is 0.464. The molecule has 110 valence electrons. The fourth-order valence-corrected chi connectivity index (χ4v) is 2.35. The van der Waals surface area contributed by atoms with Crippen molar-refractivity contribution < 1.29 is 0 Å². The van der Waals surface area contributed by atoms with Crippen LogP contribution in [0.5, 0.6) is 0 Å². The summed E-state index contributed by atoms with van der Waals surface area (Å²) in [5.41, 5.74) is 1.18. The second kappa shape index (κ2) is 7.19. The summed E-state index contributed by atoms with van der Waals surface area (Å²) >= 11 is 0. The normalized spacial score (nSPS) is 12.8. The summed E-state index contributed by atoms with van der Waals surface area (Å²) in [4.78, 5) is 4.40. The Labute approximate surface area is 120 Å². The Bertz CT molecular complexity index is 515. The summed E-state index contributed by atoms with van der Waals surface area (Å²) in [6.45, 7) is 6.23. The first kappa shape index (κ1) is 14.7. The van der Waals surface area contributed by atoms with Gasteiger partial charge in [0, 0.05) is 26.2 Å². The maximum absolute atomic E-state index is 4.40. The molecule has 0 spiro atoms. The topological polar surface area (TPSA) is 60.6 Å². The van der Waals surface area contributed by atoms with E-state index in [0.29, 0.717) is 0 Å². The van der Waals surface area contributed by atoms with Crippen molar-refractivity contribution in [2.24, 2.45) is 7.05 Å². The van der Waals surface area contributed by atoms with Gasteiger partial charge in [-0.25, -0.2) is 4.98 Å². The third-order valence-electron chi connectivity index (χ3n) is 3.37. The molecule has 0 radical (unpaired) electrons. The lowest BCUT2D eigenvalue weighted by Gasteiger charge is -2.18. The molecular formula is C14H24N6. The number of rotatable bonds is 8. The van der Waals surface area contributed by atoms with Gasteiger partial charge < -0.3 is 5.32 Å². The zero-order valence-corrected chi connectivity index (χ0v) is 12.6. The van der Waals surface area contributed by atoms with Gasteiger partial charge in [-0.3, -0.25) is 9.36 Å². The van der Waals surface area contributed by atoms with Crippen LogP contribution in [-0.2, 0) is 20.0 Å². The van der Waals surface area contributed by atoms with Crippen LogP contribution in [0.15, 0.2) is 18.6 Å². The summed E-state index contributed by atoms with van der Waals surface area (Å²) in [7, 11) is 1.98. The molecule has 1 unspecified atom stereocenters. The van der Waals surface area contributed by atoms with Crippen LogP contribution in [0.1, 0.15) is 44.2 Å². The van der Waals surface area contributed by atoms with E-state index in [1.165, 1.54) is 5.69 Å². The maximum atomic E-state index is 4.40. The Balaban J connectivity index is 2.15. The third kappa shape index (κ3) is 3.45. The van der Waals surface area contributed by atoms with Gasteiger partial charge in [0.25, 0.3) is 0 Å². The van der Waals surface area contributed by atoms with E-state index in [1.54, 1.807) is 6.33 Å². The van der Waals surface area contributed by atoms with E-state index >= 15 is 0 Å². The Morgan fingerprint density at radius 2 is 2.10 bits per heavy atom. The van der Waals surface area contributed by atoms with Crippen LogP contribution < -0.4 is 5.32 Å². The fourth-order valence-electron chi connectivity index (χ4n) is 2.35. The summed E-state index contributed by atoms with van der Waals surface area (Å²) in [5.74, 6) is 1.03. The molecule has 6 heteroatoms. The van der Waals surface area contributed by atoms with Gasteiger partial charge in [-0.15, -0.1) is 0 Å². The molecule has 0 saturated heterocycles. The highest BCUT2D eigenvalue weighted by Crippen LogP contribution is 2.16. The van der Waals surface area contributed by atoms with E-state index in [1.807, 2.05) is 22.6 Å². The van der Waals surface area contributed by atoms with Crippen LogP contribution in [0.3, 0.4) is 0 Å². The smallest absolute Gasteiger partial charge is 0.138 e. The van der Waals surface area contributed by atoms with E-state index in [4.69, 9.17) is 0 Å². The molecule has 0 fully saturated rings. The van der Waals surface area contributed by atoms with E-state index in [0.717, 1.165) is 38.2 Å². The molecule has 0 bridgehead atoms. The van der Waals surface area contributed by atoms with E-state index in [-0.39, 0.29) is 6.04 Å².